The van der Waals surface area contributed by atoms with Crippen molar-refractivity contribution < 1.29 is 14.0 Å². The van der Waals surface area contributed by atoms with E-state index < -0.39 is 11.8 Å². The standard InChI is InChI=1S/C19H14ClN7O3/c20-14-5-1-13(2-6-14)19-22-15(10-30-19)9-17(28)23-24-18(29)12-3-7-16(8-4-12)27-11-21-25-26-27/h1-8,10-11H,9H2,(H,23,28)(H,24,29). The molecule has 11 heteroatoms. The minimum atomic E-state index is -0.464. The topological polar surface area (TPSA) is 128 Å². The number of oxazole rings is 1. The number of rotatable bonds is 5. The van der Waals surface area contributed by atoms with Crippen LogP contribution in [0.4, 0.5) is 0 Å². The van der Waals surface area contributed by atoms with Crippen LogP contribution >= 0.6 is 11.6 Å². The molecule has 10 nitrogen and oxygen atoms in total. The summed E-state index contributed by atoms with van der Waals surface area (Å²) in [7, 11) is 0. The molecule has 0 fully saturated rings. The minimum Gasteiger partial charge on any atom is -0.444 e. The van der Waals surface area contributed by atoms with E-state index in [0.717, 1.165) is 5.56 Å². The van der Waals surface area contributed by atoms with Crippen LogP contribution in [0.2, 0.25) is 5.02 Å². The van der Waals surface area contributed by atoms with Crippen LogP contribution in [0.1, 0.15) is 16.1 Å². The van der Waals surface area contributed by atoms with Crippen LogP contribution < -0.4 is 10.9 Å². The number of hydrogen-bond acceptors (Lipinski definition) is 7. The predicted octanol–water partition coefficient (Wildman–Crippen LogP) is 1.97. The van der Waals surface area contributed by atoms with Crippen molar-refractivity contribution in [1.29, 1.82) is 0 Å². The Morgan fingerprint density at radius 3 is 2.50 bits per heavy atom. The van der Waals surface area contributed by atoms with Gasteiger partial charge in [-0.1, -0.05) is 11.6 Å². The maximum Gasteiger partial charge on any atom is 0.269 e. The molecule has 2 aromatic heterocycles. The highest BCUT2D eigenvalue weighted by atomic mass is 35.5. The molecule has 0 unspecified atom stereocenters. The highest BCUT2D eigenvalue weighted by Crippen LogP contribution is 2.21. The quantitative estimate of drug-likeness (QED) is 0.469. The summed E-state index contributed by atoms with van der Waals surface area (Å²) in [6.45, 7) is 0. The van der Waals surface area contributed by atoms with Crippen LogP contribution in [-0.2, 0) is 11.2 Å². The molecule has 2 aromatic carbocycles. The summed E-state index contributed by atoms with van der Waals surface area (Å²) < 4.78 is 6.85. The molecule has 0 saturated carbocycles. The Balaban J connectivity index is 1.30. The second kappa shape index (κ2) is 8.53. The van der Waals surface area contributed by atoms with Crippen LogP contribution in [-0.4, -0.2) is 37.0 Å². The zero-order valence-corrected chi connectivity index (χ0v) is 16.1. The van der Waals surface area contributed by atoms with Crippen molar-refractivity contribution in [2.75, 3.05) is 0 Å². The van der Waals surface area contributed by atoms with Gasteiger partial charge in [0.1, 0.15) is 12.6 Å². The monoisotopic (exact) mass is 423 g/mol. The first-order chi connectivity index (χ1) is 14.6. The van der Waals surface area contributed by atoms with E-state index in [-0.39, 0.29) is 6.42 Å². The number of carbonyl (C=O) groups excluding carboxylic acids is 2. The molecule has 0 aliphatic carbocycles. The second-order valence-electron chi connectivity index (χ2n) is 6.13. The van der Waals surface area contributed by atoms with E-state index in [0.29, 0.717) is 27.9 Å². The van der Waals surface area contributed by atoms with Gasteiger partial charge in [0.2, 0.25) is 11.8 Å². The van der Waals surface area contributed by atoms with Gasteiger partial charge in [0.25, 0.3) is 5.91 Å². The molecule has 0 spiro atoms. The van der Waals surface area contributed by atoms with E-state index in [1.54, 1.807) is 48.5 Å². The molecular weight excluding hydrogens is 410 g/mol. The molecule has 0 radical (unpaired) electrons. The number of hydrogen-bond donors (Lipinski definition) is 2. The summed E-state index contributed by atoms with van der Waals surface area (Å²) in [5.41, 5.74) is 6.94. The van der Waals surface area contributed by atoms with Crippen molar-refractivity contribution >= 4 is 23.4 Å². The van der Waals surface area contributed by atoms with Crippen LogP contribution in [0.15, 0.2) is 65.5 Å². The van der Waals surface area contributed by atoms with E-state index in [2.05, 4.69) is 31.4 Å². The van der Waals surface area contributed by atoms with Gasteiger partial charge in [-0.25, -0.2) is 9.67 Å². The van der Waals surface area contributed by atoms with Gasteiger partial charge in [-0.05, 0) is 59.0 Å². The van der Waals surface area contributed by atoms with E-state index in [9.17, 15) is 9.59 Å². The molecule has 2 heterocycles. The number of tetrazole rings is 1. The Kier molecular flexibility index (Phi) is 5.48. The molecule has 0 atom stereocenters. The summed E-state index contributed by atoms with van der Waals surface area (Å²) >= 11 is 5.86. The summed E-state index contributed by atoms with van der Waals surface area (Å²) in [5, 5.41) is 11.5. The normalized spacial score (nSPS) is 10.6. The summed E-state index contributed by atoms with van der Waals surface area (Å²) in [6.07, 6.45) is 2.77. The molecule has 0 aliphatic rings. The Morgan fingerprint density at radius 1 is 1.03 bits per heavy atom. The number of carbonyl (C=O) groups is 2. The Labute approximate surface area is 174 Å². The molecule has 150 valence electrons. The highest BCUT2D eigenvalue weighted by Gasteiger charge is 2.12. The summed E-state index contributed by atoms with van der Waals surface area (Å²) in [4.78, 5) is 28.6. The van der Waals surface area contributed by atoms with Gasteiger partial charge in [-0.2, -0.15) is 0 Å². The number of nitrogens with zero attached hydrogens (tertiary/aromatic N) is 5. The average Bonchev–Trinajstić information content (AvgIpc) is 3.45. The molecule has 4 rings (SSSR count). The fourth-order valence-electron chi connectivity index (χ4n) is 2.57. The zero-order chi connectivity index (χ0) is 20.9. The number of nitrogens with one attached hydrogen (secondary N) is 2. The van der Waals surface area contributed by atoms with Crippen molar-refractivity contribution in [2.45, 2.75) is 6.42 Å². The molecule has 0 bridgehead atoms. The third-order valence-electron chi connectivity index (χ3n) is 4.04. The minimum absolute atomic E-state index is 0.0599. The van der Waals surface area contributed by atoms with Gasteiger partial charge in [0.15, 0.2) is 0 Å². The van der Waals surface area contributed by atoms with Crippen LogP contribution in [0.25, 0.3) is 17.1 Å². The lowest BCUT2D eigenvalue weighted by atomic mass is 10.2. The van der Waals surface area contributed by atoms with Gasteiger partial charge in [-0.15, -0.1) is 5.10 Å². The maximum absolute atomic E-state index is 12.2. The van der Waals surface area contributed by atoms with Crippen LogP contribution in [0.5, 0.6) is 0 Å². The average molecular weight is 424 g/mol. The molecule has 30 heavy (non-hydrogen) atoms. The fraction of sp³-hybridized carbons (Fsp3) is 0.0526. The fourth-order valence-corrected chi connectivity index (χ4v) is 2.69. The number of benzene rings is 2. The second-order valence-corrected chi connectivity index (χ2v) is 6.57. The molecule has 0 aliphatic heterocycles. The zero-order valence-electron chi connectivity index (χ0n) is 15.3. The Hall–Kier alpha value is -4.05. The molecule has 2 amide bonds. The predicted molar refractivity (Wildman–Crippen MR) is 105 cm³/mol. The van der Waals surface area contributed by atoms with Crippen LogP contribution in [0, 0.1) is 0 Å². The van der Waals surface area contributed by atoms with E-state index in [1.165, 1.54) is 17.3 Å². The van der Waals surface area contributed by atoms with Crippen LogP contribution in [0.3, 0.4) is 0 Å². The molecule has 2 N–H and O–H groups in total. The highest BCUT2D eigenvalue weighted by molar-refractivity contribution is 6.30. The first-order valence-electron chi connectivity index (χ1n) is 8.71. The van der Waals surface area contributed by atoms with E-state index in [4.69, 9.17) is 16.0 Å². The number of hydrazine groups is 1. The number of amides is 2. The maximum atomic E-state index is 12.2. The third kappa shape index (κ3) is 4.50. The van der Waals surface area contributed by atoms with Gasteiger partial charge in [0, 0.05) is 16.1 Å². The number of aromatic nitrogens is 5. The Bertz CT molecular complexity index is 1160. The first kappa shape index (κ1) is 19.3. The van der Waals surface area contributed by atoms with Crippen molar-refractivity contribution in [3.8, 4) is 17.1 Å². The van der Waals surface area contributed by atoms with Gasteiger partial charge >= 0.3 is 0 Å². The van der Waals surface area contributed by atoms with Gasteiger partial charge < -0.3 is 4.42 Å². The summed E-state index contributed by atoms with van der Waals surface area (Å²) in [5.74, 6) is -0.528. The van der Waals surface area contributed by atoms with E-state index in [1.807, 2.05) is 0 Å². The van der Waals surface area contributed by atoms with Crippen molar-refractivity contribution in [3.05, 3.63) is 77.4 Å². The molecule has 4 aromatic rings. The summed E-state index contributed by atoms with van der Waals surface area (Å²) in [6, 6.07) is 13.5. The Morgan fingerprint density at radius 2 is 1.80 bits per heavy atom. The van der Waals surface area contributed by atoms with Crippen molar-refractivity contribution in [1.82, 2.24) is 36.0 Å². The first-order valence-corrected chi connectivity index (χ1v) is 9.09. The van der Waals surface area contributed by atoms with Crippen molar-refractivity contribution in [2.24, 2.45) is 0 Å². The lowest BCUT2D eigenvalue weighted by Gasteiger charge is -2.07. The smallest absolute Gasteiger partial charge is 0.269 e. The largest absolute Gasteiger partial charge is 0.444 e. The SMILES string of the molecule is O=C(Cc1coc(-c2ccc(Cl)cc2)n1)NNC(=O)c1ccc(-n2cnnn2)cc1. The molecular formula is C19H14ClN7O3. The lowest BCUT2D eigenvalue weighted by Crippen LogP contribution is -2.42. The lowest BCUT2D eigenvalue weighted by molar-refractivity contribution is -0.121. The van der Waals surface area contributed by atoms with Gasteiger partial charge in [-0.3, -0.25) is 20.4 Å². The van der Waals surface area contributed by atoms with Crippen molar-refractivity contribution in [3.63, 3.8) is 0 Å². The van der Waals surface area contributed by atoms with Gasteiger partial charge in [0.05, 0.1) is 17.8 Å². The number of halogens is 1. The van der Waals surface area contributed by atoms with E-state index >= 15 is 0 Å². The molecule has 0 saturated heterocycles. The third-order valence-corrected chi connectivity index (χ3v) is 4.30.